The lowest BCUT2D eigenvalue weighted by atomic mass is 9.87. The summed E-state index contributed by atoms with van der Waals surface area (Å²) in [6.07, 6.45) is 1.33. The lowest BCUT2D eigenvalue weighted by Gasteiger charge is -2.28. The Morgan fingerprint density at radius 3 is 2.59 bits per heavy atom. The molecule has 0 bridgehead atoms. The molecule has 46 heavy (non-hydrogen) atoms. The van der Waals surface area contributed by atoms with Gasteiger partial charge in [0.1, 0.15) is 35.0 Å². The summed E-state index contributed by atoms with van der Waals surface area (Å²) in [5.41, 5.74) is 1.09. The lowest BCUT2D eigenvalue weighted by molar-refractivity contribution is 0.0697. The van der Waals surface area contributed by atoms with Crippen LogP contribution in [-0.4, -0.2) is 50.9 Å². The molecular formula is C33H28ClF3N4O5. The number of carboxylic acids is 1. The number of benzene rings is 2. The zero-order valence-electron chi connectivity index (χ0n) is 25.0. The number of fused-ring (bicyclic) bond motifs is 1. The summed E-state index contributed by atoms with van der Waals surface area (Å²) in [5.74, 6) is -3.03. The normalized spacial score (nSPS) is 15.8. The maximum atomic E-state index is 15.7. The van der Waals surface area contributed by atoms with Crippen LogP contribution in [-0.2, 0) is 17.8 Å². The second-order valence-corrected chi connectivity index (χ2v) is 12.0. The molecule has 6 rings (SSSR count). The van der Waals surface area contributed by atoms with E-state index in [9.17, 15) is 14.3 Å². The standard InChI is InChI=1S/C33H28ClF3N4O5/c1-33(2)16-45-15-28(33)41-26-9-17(32(42)43)4-6-25(26)39-30(41)10-18-8-23(37)20(11-22(18)36)24-7-5-21(35)31(40-24)46-14-19-13-38-29(34)12-27(19)44-3/h4-9,11-13,28H,10,14-16H2,1-3H3,(H,42,43). The average molecular weight is 653 g/mol. The maximum absolute atomic E-state index is 15.7. The molecular weight excluding hydrogens is 625 g/mol. The Labute approximate surface area is 266 Å². The number of aromatic carboxylic acids is 1. The van der Waals surface area contributed by atoms with Crippen LogP contribution >= 0.6 is 11.6 Å². The number of methoxy groups -OCH3 is 1. The molecule has 238 valence electrons. The molecule has 5 aromatic rings. The van der Waals surface area contributed by atoms with E-state index in [1.807, 2.05) is 18.4 Å². The van der Waals surface area contributed by atoms with Gasteiger partial charge in [-0.2, -0.15) is 0 Å². The Bertz CT molecular complexity index is 1980. The molecule has 1 saturated heterocycles. The third-order valence-corrected chi connectivity index (χ3v) is 8.25. The topological polar surface area (TPSA) is 109 Å². The van der Waals surface area contributed by atoms with Crippen LogP contribution < -0.4 is 9.47 Å². The minimum Gasteiger partial charge on any atom is -0.496 e. The van der Waals surface area contributed by atoms with E-state index in [0.29, 0.717) is 41.4 Å². The van der Waals surface area contributed by atoms with Crippen molar-refractivity contribution in [3.8, 4) is 22.9 Å². The maximum Gasteiger partial charge on any atom is 0.335 e. The van der Waals surface area contributed by atoms with Gasteiger partial charge in [0.2, 0.25) is 0 Å². The van der Waals surface area contributed by atoms with Gasteiger partial charge < -0.3 is 23.9 Å². The van der Waals surface area contributed by atoms with Gasteiger partial charge in [0.25, 0.3) is 5.88 Å². The zero-order chi connectivity index (χ0) is 32.7. The molecule has 0 radical (unpaired) electrons. The van der Waals surface area contributed by atoms with Gasteiger partial charge in [-0.15, -0.1) is 0 Å². The number of hydrogen-bond acceptors (Lipinski definition) is 7. The van der Waals surface area contributed by atoms with Gasteiger partial charge in [-0.3, -0.25) is 0 Å². The first-order valence-electron chi connectivity index (χ1n) is 14.2. The number of ether oxygens (including phenoxy) is 3. The summed E-state index contributed by atoms with van der Waals surface area (Å²) >= 11 is 5.89. The van der Waals surface area contributed by atoms with Crippen LogP contribution in [0.25, 0.3) is 22.3 Å². The SMILES string of the molecule is COc1cc(Cl)ncc1COc1nc(-c2cc(F)c(Cc3nc4ccc(C(=O)O)cc4n3C3COCC3(C)C)cc2F)ccc1F. The van der Waals surface area contributed by atoms with Crippen molar-refractivity contribution in [3.05, 3.63) is 99.8 Å². The highest BCUT2D eigenvalue weighted by molar-refractivity contribution is 6.29. The number of aromatic nitrogens is 4. The summed E-state index contributed by atoms with van der Waals surface area (Å²) in [4.78, 5) is 24.5. The lowest BCUT2D eigenvalue weighted by Crippen LogP contribution is -2.27. The van der Waals surface area contributed by atoms with E-state index in [1.165, 1.54) is 37.6 Å². The predicted molar refractivity (Wildman–Crippen MR) is 163 cm³/mol. The van der Waals surface area contributed by atoms with Crippen LogP contribution in [0.5, 0.6) is 11.6 Å². The molecule has 1 aliphatic rings. The summed E-state index contributed by atoms with van der Waals surface area (Å²) < 4.78 is 64.4. The first-order chi connectivity index (χ1) is 21.9. The largest absolute Gasteiger partial charge is 0.496 e. The molecule has 1 atom stereocenters. The molecule has 0 saturated carbocycles. The summed E-state index contributed by atoms with van der Waals surface area (Å²) in [7, 11) is 1.43. The van der Waals surface area contributed by atoms with Crippen molar-refractivity contribution in [1.82, 2.24) is 19.5 Å². The van der Waals surface area contributed by atoms with E-state index in [-0.39, 0.29) is 52.0 Å². The van der Waals surface area contributed by atoms with E-state index in [2.05, 4.69) is 15.0 Å². The molecule has 2 aromatic carbocycles. The highest BCUT2D eigenvalue weighted by Crippen LogP contribution is 2.41. The number of carboxylic acid groups (broad SMARTS) is 1. The summed E-state index contributed by atoms with van der Waals surface area (Å²) in [6, 6.07) is 10.2. The van der Waals surface area contributed by atoms with Crippen LogP contribution in [0.3, 0.4) is 0 Å². The molecule has 0 amide bonds. The van der Waals surface area contributed by atoms with Crippen molar-refractivity contribution in [2.24, 2.45) is 5.41 Å². The first kappa shape index (κ1) is 31.3. The second-order valence-electron chi connectivity index (χ2n) is 11.6. The Hall–Kier alpha value is -4.68. The fourth-order valence-electron chi connectivity index (χ4n) is 5.58. The molecule has 0 spiro atoms. The Kier molecular flexibility index (Phi) is 8.34. The highest BCUT2D eigenvalue weighted by atomic mass is 35.5. The molecule has 1 aliphatic heterocycles. The Morgan fingerprint density at radius 1 is 1.07 bits per heavy atom. The molecule has 3 aromatic heterocycles. The van der Waals surface area contributed by atoms with Crippen LogP contribution in [0.15, 0.2) is 54.7 Å². The van der Waals surface area contributed by atoms with Crippen molar-refractivity contribution in [2.45, 2.75) is 32.9 Å². The van der Waals surface area contributed by atoms with Crippen molar-refractivity contribution in [3.63, 3.8) is 0 Å². The number of imidazole rings is 1. The highest BCUT2D eigenvalue weighted by Gasteiger charge is 2.39. The van der Waals surface area contributed by atoms with Gasteiger partial charge in [0.15, 0.2) is 5.82 Å². The number of nitrogens with zero attached hydrogens (tertiary/aromatic N) is 4. The Balaban J connectivity index is 1.32. The van der Waals surface area contributed by atoms with Crippen molar-refractivity contribution < 1.29 is 37.3 Å². The summed E-state index contributed by atoms with van der Waals surface area (Å²) in [5, 5.41) is 9.79. The van der Waals surface area contributed by atoms with E-state index in [4.69, 9.17) is 25.8 Å². The Morgan fingerprint density at radius 2 is 1.87 bits per heavy atom. The van der Waals surface area contributed by atoms with Gasteiger partial charge in [-0.25, -0.2) is 32.9 Å². The molecule has 1 fully saturated rings. The van der Waals surface area contributed by atoms with Crippen LogP contribution in [0.2, 0.25) is 5.15 Å². The molecule has 4 heterocycles. The minimum atomic E-state index is -1.09. The van der Waals surface area contributed by atoms with E-state index < -0.39 is 29.3 Å². The van der Waals surface area contributed by atoms with E-state index in [1.54, 1.807) is 6.07 Å². The molecule has 0 aliphatic carbocycles. The fourth-order valence-corrected chi connectivity index (χ4v) is 5.73. The van der Waals surface area contributed by atoms with Gasteiger partial charge in [0, 0.05) is 35.2 Å². The number of carbonyl (C=O) groups is 1. The van der Waals surface area contributed by atoms with Crippen molar-refractivity contribution >= 4 is 28.6 Å². The quantitative estimate of drug-likeness (QED) is 0.169. The van der Waals surface area contributed by atoms with Gasteiger partial charge >= 0.3 is 5.97 Å². The molecule has 1 unspecified atom stereocenters. The van der Waals surface area contributed by atoms with Gasteiger partial charge in [-0.05, 0) is 48.0 Å². The number of pyridine rings is 2. The van der Waals surface area contributed by atoms with Crippen molar-refractivity contribution in [2.75, 3.05) is 20.3 Å². The van der Waals surface area contributed by atoms with Crippen molar-refractivity contribution in [1.29, 1.82) is 0 Å². The number of rotatable bonds is 9. The third-order valence-electron chi connectivity index (χ3n) is 8.04. The fraction of sp³-hybridized carbons (Fsp3) is 0.273. The van der Waals surface area contributed by atoms with Gasteiger partial charge in [0.05, 0.1) is 48.7 Å². The smallest absolute Gasteiger partial charge is 0.335 e. The predicted octanol–water partition coefficient (Wildman–Crippen LogP) is 7.04. The number of halogens is 4. The summed E-state index contributed by atoms with van der Waals surface area (Å²) in [6.45, 7) is 4.68. The van der Waals surface area contributed by atoms with Gasteiger partial charge in [-0.1, -0.05) is 25.4 Å². The second kappa shape index (κ2) is 12.3. The third kappa shape index (κ3) is 5.97. The van der Waals surface area contributed by atoms with E-state index in [0.717, 1.165) is 18.2 Å². The molecule has 13 heteroatoms. The van der Waals surface area contributed by atoms with E-state index >= 15 is 8.78 Å². The minimum absolute atomic E-state index is 0.0221. The van der Waals surface area contributed by atoms with Crippen LogP contribution in [0.1, 0.15) is 47.2 Å². The number of hydrogen-bond donors (Lipinski definition) is 1. The average Bonchev–Trinajstić information content (AvgIpc) is 3.55. The first-order valence-corrected chi connectivity index (χ1v) is 14.6. The monoisotopic (exact) mass is 652 g/mol. The van der Waals surface area contributed by atoms with Crippen LogP contribution in [0.4, 0.5) is 13.2 Å². The zero-order valence-corrected chi connectivity index (χ0v) is 25.7. The van der Waals surface area contributed by atoms with Crippen LogP contribution in [0, 0.1) is 22.9 Å². The molecule has 1 N–H and O–H groups in total. The molecule has 9 nitrogen and oxygen atoms in total.